The van der Waals surface area contributed by atoms with Crippen LogP contribution >= 0.6 is 0 Å². The third-order valence-electron chi connectivity index (χ3n) is 4.53. The van der Waals surface area contributed by atoms with Crippen LogP contribution in [-0.2, 0) is 19.1 Å². The molecule has 7 heteroatoms. The number of likely N-dealkylation sites (tertiary alicyclic amines) is 1. The molecule has 132 valence electrons. The molecule has 0 aromatic rings. The number of hydrogen-bond donors (Lipinski definition) is 2. The van der Waals surface area contributed by atoms with E-state index in [0.717, 1.165) is 25.9 Å². The van der Waals surface area contributed by atoms with Crippen molar-refractivity contribution in [3.63, 3.8) is 0 Å². The third kappa shape index (κ3) is 5.44. The number of methoxy groups -OCH3 is 1. The van der Waals surface area contributed by atoms with Crippen molar-refractivity contribution in [1.82, 2.24) is 10.2 Å². The lowest BCUT2D eigenvalue weighted by Crippen LogP contribution is -2.52. The summed E-state index contributed by atoms with van der Waals surface area (Å²) in [5.74, 6) is -0.0874. The molecule has 2 N–H and O–H groups in total. The predicted octanol–water partition coefficient (Wildman–Crippen LogP) is 0.0601. The Morgan fingerprint density at radius 1 is 1.26 bits per heavy atom. The van der Waals surface area contributed by atoms with E-state index in [0.29, 0.717) is 19.3 Å². The van der Waals surface area contributed by atoms with Gasteiger partial charge in [0.05, 0.1) is 25.2 Å². The fourth-order valence-corrected chi connectivity index (χ4v) is 3.29. The van der Waals surface area contributed by atoms with E-state index in [-0.39, 0.29) is 37.2 Å². The Labute approximate surface area is 137 Å². The first kappa shape index (κ1) is 18.2. The maximum Gasteiger partial charge on any atom is 0.246 e. The summed E-state index contributed by atoms with van der Waals surface area (Å²) < 4.78 is 10.6. The third-order valence-corrected chi connectivity index (χ3v) is 4.53. The topological polar surface area (TPSA) is 88.1 Å². The molecule has 2 rings (SSSR count). The van der Waals surface area contributed by atoms with Crippen LogP contribution in [0.15, 0.2) is 0 Å². The van der Waals surface area contributed by atoms with Gasteiger partial charge in [-0.15, -0.1) is 0 Å². The molecule has 0 aromatic heterocycles. The highest BCUT2D eigenvalue weighted by molar-refractivity contribution is 5.78. The number of aliphatic hydroxyl groups is 1. The summed E-state index contributed by atoms with van der Waals surface area (Å²) in [5, 5.41) is 12.3. The summed E-state index contributed by atoms with van der Waals surface area (Å²) in [6.07, 6.45) is 4.44. The van der Waals surface area contributed by atoms with Gasteiger partial charge in [-0.1, -0.05) is 0 Å². The van der Waals surface area contributed by atoms with E-state index in [2.05, 4.69) is 5.32 Å². The number of nitrogens with one attached hydrogen (secondary N) is 1. The average Bonchev–Trinajstić information content (AvgIpc) is 2.57. The average molecular weight is 328 g/mol. The van der Waals surface area contributed by atoms with Crippen LogP contribution in [0.4, 0.5) is 0 Å². The van der Waals surface area contributed by atoms with Gasteiger partial charge in [0.1, 0.15) is 12.7 Å². The number of amides is 2. The number of carbonyl (C=O) groups is 2. The van der Waals surface area contributed by atoms with E-state index < -0.39 is 6.10 Å². The maximum atomic E-state index is 12.3. The Bertz CT molecular complexity index is 398. The summed E-state index contributed by atoms with van der Waals surface area (Å²) in [7, 11) is 1.46. The van der Waals surface area contributed by atoms with Gasteiger partial charge in [0.2, 0.25) is 11.8 Å². The maximum absolute atomic E-state index is 12.3. The van der Waals surface area contributed by atoms with Gasteiger partial charge in [-0.05, 0) is 32.1 Å². The van der Waals surface area contributed by atoms with E-state index in [1.165, 1.54) is 13.5 Å². The van der Waals surface area contributed by atoms with Crippen LogP contribution in [0.5, 0.6) is 0 Å². The minimum absolute atomic E-state index is 0.00841. The fourth-order valence-electron chi connectivity index (χ4n) is 3.29. The molecule has 2 heterocycles. The van der Waals surface area contributed by atoms with Crippen LogP contribution in [0.25, 0.3) is 0 Å². The Kier molecular flexibility index (Phi) is 7.26. The van der Waals surface area contributed by atoms with Crippen molar-refractivity contribution in [3.05, 3.63) is 0 Å². The van der Waals surface area contributed by atoms with Crippen molar-refractivity contribution in [2.24, 2.45) is 0 Å². The second kappa shape index (κ2) is 9.20. The molecule has 2 fully saturated rings. The molecule has 0 bridgehead atoms. The zero-order valence-corrected chi connectivity index (χ0v) is 13.8. The molecule has 0 spiro atoms. The normalized spacial score (nSPS) is 28.4. The van der Waals surface area contributed by atoms with Crippen LogP contribution in [0, 0.1) is 0 Å². The van der Waals surface area contributed by atoms with Crippen molar-refractivity contribution in [3.8, 4) is 0 Å². The Hall–Kier alpha value is -1.18. The van der Waals surface area contributed by atoms with Crippen molar-refractivity contribution < 1.29 is 24.2 Å². The van der Waals surface area contributed by atoms with E-state index >= 15 is 0 Å². The largest absolute Gasteiger partial charge is 0.394 e. The molecule has 0 radical (unpaired) electrons. The molecule has 0 saturated carbocycles. The van der Waals surface area contributed by atoms with Crippen LogP contribution in [0.2, 0.25) is 0 Å². The molecule has 23 heavy (non-hydrogen) atoms. The minimum Gasteiger partial charge on any atom is -0.394 e. The van der Waals surface area contributed by atoms with Gasteiger partial charge >= 0.3 is 0 Å². The summed E-state index contributed by atoms with van der Waals surface area (Å²) in [6, 6.07) is -0.232. The lowest BCUT2D eigenvalue weighted by atomic mass is 9.96. The molecule has 3 atom stereocenters. The van der Waals surface area contributed by atoms with Crippen molar-refractivity contribution >= 4 is 11.8 Å². The Balaban J connectivity index is 1.80. The number of piperidine rings is 1. The van der Waals surface area contributed by atoms with Crippen LogP contribution in [-0.4, -0.2) is 73.5 Å². The Morgan fingerprint density at radius 3 is 2.65 bits per heavy atom. The fraction of sp³-hybridized carbons (Fsp3) is 0.875. The molecule has 7 nitrogen and oxygen atoms in total. The van der Waals surface area contributed by atoms with Gasteiger partial charge < -0.3 is 24.8 Å². The van der Waals surface area contributed by atoms with Gasteiger partial charge in [0.15, 0.2) is 0 Å². The van der Waals surface area contributed by atoms with Crippen molar-refractivity contribution in [2.45, 2.75) is 56.8 Å². The van der Waals surface area contributed by atoms with Gasteiger partial charge in [0, 0.05) is 20.2 Å². The number of hydrogen-bond acceptors (Lipinski definition) is 5. The first-order valence-electron chi connectivity index (χ1n) is 8.46. The second-order valence-electron chi connectivity index (χ2n) is 6.31. The summed E-state index contributed by atoms with van der Waals surface area (Å²) in [4.78, 5) is 25.8. The highest BCUT2D eigenvalue weighted by Crippen LogP contribution is 2.23. The molecule has 2 aliphatic heterocycles. The first-order valence-corrected chi connectivity index (χ1v) is 8.46. The molecule has 0 aliphatic carbocycles. The predicted molar refractivity (Wildman–Crippen MR) is 83.8 cm³/mol. The lowest BCUT2D eigenvalue weighted by molar-refractivity contribution is -0.144. The second-order valence-corrected chi connectivity index (χ2v) is 6.31. The molecular formula is C16H28N2O5. The summed E-state index contributed by atoms with van der Waals surface area (Å²) in [5.41, 5.74) is 0. The minimum atomic E-state index is -0.469. The number of rotatable bonds is 6. The van der Waals surface area contributed by atoms with E-state index in [1.807, 2.05) is 4.90 Å². The standard InChI is InChI=1S/C16H28N2O5/c1-22-11-15(20)17-13-6-5-12(23-14(13)10-19)9-16(21)18-7-3-2-4-8-18/h12-14,19H,2-11H2,1H3,(H,17,20)/t12-,13+,14+/m1/s1. The van der Waals surface area contributed by atoms with Crippen LogP contribution in [0.1, 0.15) is 38.5 Å². The number of ether oxygens (including phenoxy) is 2. The molecule has 0 unspecified atom stereocenters. The summed E-state index contributed by atoms with van der Waals surface area (Å²) >= 11 is 0. The van der Waals surface area contributed by atoms with Crippen LogP contribution < -0.4 is 5.32 Å². The Morgan fingerprint density at radius 2 is 2.00 bits per heavy atom. The first-order chi connectivity index (χ1) is 11.1. The number of carbonyl (C=O) groups excluding carboxylic acids is 2. The smallest absolute Gasteiger partial charge is 0.246 e. The van der Waals surface area contributed by atoms with Gasteiger partial charge in [-0.25, -0.2) is 0 Å². The van der Waals surface area contributed by atoms with E-state index in [9.17, 15) is 14.7 Å². The monoisotopic (exact) mass is 328 g/mol. The van der Waals surface area contributed by atoms with E-state index in [4.69, 9.17) is 9.47 Å². The van der Waals surface area contributed by atoms with Gasteiger partial charge in [0.25, 0.3) is 0 Å². The van der Waals surface area contributed by atoms with E-state index in [1.54, 1.807) is 0 Å². The van der Waals surface area contributed by atoms with Gasteiger partial charge in [-0.2, -0.15) is 0 Å². The zero-order valence-electron chi connectivity index (χ0n) is 13.8. The van der Waals surface area contributed by atoms with Crippen LogP contribution in [0.3, 0.4) is 0 Å². The molecule has 0 aromatic carbocycles. The molecule has 2 aliphatic rings. The molecular weight excluding hydrogens is 300 g/mol. The molecule has 2 saturated heterocycles. The molecule has 2 amide bonds. The highest BCUT2D eigenvalue weighted by Gasteiger charge is 2.33. The quantitative estimate of drug-likeness (QED) is 0.720. The summed E-state index contributed by atoms with van der Waals surface area (Å²) in [6.45, 7) is 1.49. The van der Waals surface area contributed by atoms with Gasteiger partial charge in [-0.3, -0.25) is 9.59 Å². The van der Waals surface area contributed by atoms with Crippen molar-refractivity contribution in [2.75, 3.05) is 33.4 Å². The highest BCUT2D eigenvalue weighted by atomic mass is 16.5. The number of aliphatic hydroxyl groups excluding tert-OH is 1. The van der Waals surface area contributed by atoms with Crippen molar-refractivity contribution in [1.29, 1.82) is 0 Å². The number of nitrogens with zero attached hydrogens (tertiary/aromatic N) is 1. The lowest BCUT2D eigenvalue weighted by Gasteiger charge is -2.37. The SMILES string of the molecule is COCC(=O)N[C@H]1CC[C@H](CC(=O)N2CCCCC2)O[C@H]1CO. The zero-order chi connectivity index (χ0) is 16.7.